The molecule has 3 aromatic carbocycles. The van der Waals surface area contributed by atoms with E-state index < -0.39 is 0 Å². The van der Waals surface area contributed by atoms with E-state index in [0.29, 0.717) is 35.6 Å². The number of anilines is 6. The van der Waals surface area contributed by atoms with E-state index >= 15 is 0 Å². The summed E-state index contributed by atoms with van der Waals surface area (Å²) in [5.41, 5.74) is 6.88. The fraction of sp³-hybridized carbons (Fsp3) is 0.500. The van der Waals surface area contributed by atoms with Gasteiger partial charge in [-0.05, 0) is 108 Å². The van der Waals surface area contributed by atoms with Crippen LogP contribution in [0.5, 0.6) is 0 Å². The highest BCUT2D eigenvalue weighted by Crippen LogP contribution is 2.29. The Bertz CT molecular complexity index is 1310. The molecule has 1 aromatic heterocycles. The summed E-state index contributed by atoms with van der Waals surface area (Å²) >= 11 is 0. The molecule has 3 N–H and O–H groups in total. The van der Waals surface area contributed by atoms with E-state index in [4.69, 9.17) is 15.0 Å². The molecule has 0 saturated heterocycles. The predicted octanol–water partition coefficient (Wildman–Crippen LogP) is 12.7. The van der Waals surface area contributed by atoms with Crippen LogP contribution in [0.15, 0.2) is 72.8 Å². The van der Waals surface area contributed by atoms with Crippen LogP contribution in [0.3, 0.4) is 0 Å². The summed E-state index contributed by atoms with van der Waals surface area (Å²) in [6.45, 7) is 20.7. The molecule has 4 rings (SSSR count). The summed E-state index contributed by atoms with van der Waals surface area (Å²) in [6.07, 6.45) is 7.28. The van der Waals surface area contributed by atoms with E-state index in [1.165, 1.54) is 55.2 Å². The quantitative estimate of drug-likeness (QED) is 0.0997. The van der Waals surface area contributed by atoms with Gasteiger partial charge in [-0.2, -0.15) is 15.0 Å². The van der Waals surface area contributed by atoms with Crippen LogP contribution in [0.2, 0.25) is 0 Å². The number of nitrogens with zero attached hydrogens (tertiary/aromatic N) is 3. The van der Waals surface area contributed by atoms with Gasteiger partial charge < -0.3 is 16.0 Å². The van der Waals surface area contributed by atoms with Gasteiger partial charge in [-0.1, -0.05) is 118 Å². The third-order valence-corrected chi connectivity index (χ3v) is 9.37. The van der Waals surface area contributed by atoms with Crippen LogP contribution >= 0.6 is 0 Å². The van der Waals surface area contributed by atoms with Crippen molar-refractivity contribution in [3.63, 3.8) is 0 Å². The SMILES string of the molecule is CC(C)CCC(C)c1ccc(Nc2nc(Nc3ccc(C(C)CCC(C)C)cc3)nc(Nc3ccc(C(C)CCC(C)C)cc3)n2)cc1. The lowest BCUT2D eigenvalue weighted by Gasteiger charge is -2.16. The molecular weight excluding hydrogens is 589 g/mol. The molecule has 0 aliphatic heterocycles. The minimum atomic E-state index is 0.480. The summed E-state index contributed by atoms with van der Waals surface area (Å²) in [5.74, 6) is 5.18. The molecule has 258 valence electrons. The lowest BCUT2D eigenvalue weighted by molar-refractivity contribution is 0.517. The number of rotatable bonds is 18. The summed E-state index contributed by atoms with van der Waals surface area (Å²) < 4.78 is 0. The average molecular weight is 649 g/mol. The number of aromatic nitrogens is 3. The van der Waals surface area contributed by atoms with Gasteiger partial charge in [-0.15, -0.1) is 0 Å². The third kappa shape index (κ3) is 11.9. The molecule has 0 spiro atoms. The molecule has 3 atom stereocenters. The van der Waals surface area contributed by atoms with Gasteiger partial charge in [0.05, 0.1) is 0 Å². The number of benzene rings is 3. The standard InChI is InChI=1S/C42H60N6/c1-28(2)10-13-31(7)34-16-22-37(23-17-34)43-40-46-41(44-38-24-18-35(19-25-38)32(8)14-11-29(3)4)48-42(47-40)45-39-26-20-36(21-27-39)33(9)15-12-30(5)6/h16-33H,10-15H2,1-9H3,(H3,43,44,45,46,47,48). The Morgan fingerprint density at radius 3 is 0.792 bits per heavy atom. The van der Waals surface area contributed by atoms with Gasteiger partial charge in [0.2, 0.25) is 17.8 Å². The summed E-state index contributed by atoms with van der Waals surface area (Å²) in [4.78, 5) is 14.3. The van der Waals surface area contributed by atoms with Gasteiger partial charge in [-0.25, -0.2) is 0 Å². The fourth-order valence-corrected chi connectivity index (χ4v) is 5.87. The largest absolute Gasteiger partial charge is 0.324 e. The lowest BCUT2D eigenvalue weighted by atomic mass is 9.93. The van der Waals surface area contributed by atoms with Crippen LogP contribution in [0.25, 0.3) is 0 Å². The molecule has 6 heteroatoms. The topological polar surface area (TPSA) is 74.8 Å². The zero-order chi connectivity index (χ0) is 34.6. The Morgan fingerprint density at radius 1 is 0.354 bits per heavy atom. The molecule has 0 bridgehead atoms. The van der Waals surface area contributed by atoms with E-state index in [1.54, 1.807) is 0 Å². The predicted molar refractivity (Wildman–Crippen MR) is 206 cm³/mol. The highest BCUT2D eigenvalue weighted by molar-refractivity contribution is 5.62. The van der Waals surface area contributed by atoms with E-state index in [0.717, 1.165) is 34.8 Å². The molecule has 0 fully saturated rings. The maximum atomic E-state index is 4.77. The van der Waals surface area contributed by atoms with Crippen molar-refractivity contribution in [1.29, 1.82) is 0 Å². The molecule has 3 unspecified atom stereocenters. The van der Waals surface area contributed by atoms with Crippen LogP contribution in [-0.4, -0.2) is 15.0 Å². The fourth-order valence-electron chi connectivity index (χ4n) is 5.87. The Kier molecular flexibility index (Phi) is 13.8. The second kappa shape index (κ2) is 18.0. The first-order valence-electron chi connectivity index (χ1n) is 18.3. The summed E-state index contributed by atoms with van der Waals surface area (Å²) in [7, 11) is 0. The summed E-state index contributed by atoms with van der Waals surface area (Å²) in [5, 5.41) is 10.3. The van der Waals surface area contributed by atoms with Gasteiger partial charge in [0.15, 0.2) is 0 Å². The van der Waals surface area contributed by atoms with Crippen molar-refractivity contribution in [3.8, 4) is 0 Å². The molecule has 1 heterocycles. The first-order chi connectivity index (χ1) is 22.9. The average Bonchev–Trinajstić information content (AvgIpc) is 3.06. The second-order valence-electron chi connectivity index (χ2n) is 15.2. The van der Waals surface area contributed by atoms with Gasteiger partial charge in [-0.3, -0.25) is 0 Å². The Labute approximate surface area is 291 Å². The van der Waals surface area contributed by atoms with Crippen LogP contribution in [0, 0.1) is 17.8 Å². The molecule has 0 aliphatic carbocycles. The zero-order valence-corrected chi connectivity index (χ0v) is 31.0. The molecule has 0 radical (unpaired) electrons. The first kappa shape index (κ1) is 36.9. The number of hydrogen-bond donors (Lipinski definition) is 3. The minimum Gasteiger partial charge on any atom is -0.324 e. The van der Waals surface area contributed by atoms with E-state index in [2.05, 4.69) is 151 Å². The first-order valence-corrected chi connectivity index (χ1v) is 18.3. The maximum absolute atomic E-state index is 4.77. The van der Waals surface area contributed by atoms with Crippen molar-refractivity contribution >= 4 is 34.9 Å². The van der Waals surface area contributed by atoms with Gasteiger partial charge in [0.25, 0.3) is 0 Å². The lowest BCUT2D eigenvalue weighted by Crippen LogP contribution is -2.07. The van der Waals surface area contributed by atoms with E-state index in [9.17, 15) is 0 Å². The van der Waals surface area contributed by atoms with Crippen LogP contribution in [-0.2, 0) is 0 Å². The van der Waals surface area contributed by atoms with Crippen molar-refractivity contribution in [1.82, 2.24) is 15.0 Å². The number of nitrogens with one attached hydrogen (secondary N) is 3. The van der Waals surface area contributed by atoms with Gasteiger partial charge in [0, 0.05) is 17.1 Å². The van der Waals surface area contributed by atoms with Gasteiger partial charge in [0.1, 0.15) is 0 Å². The van der Waals surface area contributed by atoms with E-state index in [1.807, 2.05) is 0 Å². The molecule has 6 nitrogen and oxygen atoms in total. The molecule has 0 saturated carbocycles. The Hall–Kier alpha value is -3.93. The molecule has 4 aromatic rings. The normalized spacial score (nSPS) is 13.5. The Morgan fingerprint density at radius 2 is 0.583 bits per heavy atom. The maximum Gasteiger partial charge on any atom is 0.233 e. The monoisotopic (exact) mass is 648 g/mol. The van der Waals surface area contributed by atoms with Crippen molar-refractivity contribution in [3.05, 3.63) is 89.5 Å². The zero-order valence-electron chi connectivity index (χ0n) is 31.0. The molecule has 48 heavy (non-hydrogen) atoms. The highest BCUT2D eigenvalue weighted by atomic mass is 15.3. The van der Waals surface area contributed by atoms with Crippen molar-refractivity contribution < 1.29 is 0 Å². The van der Waals surface area contributed by atoms with E-state index in [-0.39, 0.29) is 0 Å². The smallest absolute Gasteiger partial charge is 0.233 e. The second-order valence-corrected chi connectivity index (χ2v) is 15.2. The van der Waals surface area contributed by atoms with Crippen LogP contribution in [0.1, 0.15) is 135 Å². The van der Waals surface area contributed by atoms with Crippen molar-refractivity contribution in [2.24, 2.45) is 17.8 Å². The molecule has 0 aliphatic rings. The van der Waals surface area contributed by atoms with Crippen molar-refractivity contribution in [2.45, 2.75) is 119 Å². The minimum absolute atomic E-state index is 0.480. The van der Waals surface area contributed by atoms with Crippen LogP contribution < -0.4 is 16.0 Å². The van der Waals surface area contributed by atoms with Crippen LogP contribution in [0.4, 0.5) is 34.9 Å². The highest BCUT2D eigenvalue weighted by Gasteiger charge is 2.13. The number of hydrogen-bond acceptors (Lipinski definition) is 6. The third-order valence-electron chi connectivity index (χ3n) is 9.37. The van der Waals surface area contributed by atoms with Crippen molar-refractivity contribution in [2.75, 3.05) is 16.0 Å². The van der Waals surface area contributed by atoms with Gasteiger partial charge >= 0.3 is 0 Å². The summed E-state index contributed by atoms with van der Waals surface area (Å²) in [6, 6.07) is 25.9. The Balaban J connectivity index is 1.53. The molecule has 0 amide bonds. The molecular formula is C42H60N6.